The summed E-state index contributed by atoms with van der Waals surface area (Å²) in [5, 5.41) is 3.03. The SMILES string of the molecule is COc1cc(CNC(=O)CC2(CN)CCCCC2)ccc1C.Cl. The molecular formula is C18H29ClN2O2. The molecule has 1 fully saturated rings. The number of aryl methyl sites for hydroxylation is 1. The molecule has 1 aliphatic rings. The number of hydrogen-bond acceptors (Lipinski definition) is 3. The minimum Gasteiger partial charge on any atom is -0.496 e. The van der Waals surface area contributed by atoms with Crippen molar-refractivity contribution in [2.45, 2.75) is 52.0 Å². The van der Waals surface area contributed by atoms with Crippen LogP contribution < -0.4 is 15.8 Å². The van der Waals surface area contributed by atoms with Crippen molar-refractivity contribution >= 4 is 18.3 Å². The standard InChI is InChI=1S/C18H28N2O2.ClH/c1-14-6-7-15(10-16(14)22-2)12-20-17(21)11-18(13-19)8-4-3-5-9-18;/h6-7,10H,3-5,8-9,11-13,19H2,1-2H3,(H,20,21);1H. The lowest BCUT2D eigenvalue weighted by molar-refractivity contribution is -0.124. The quantitative estimate of drug-likeness (QED) is 0.834. The van der Waals surface area contributed by atoms with Gasteiger partial charge in [-0.15, -0.1) is 12.4 Å². The van der Waals surface area contributed by atoms with Crippen LogP contribution in [-0.4, -0.2) is 19.6 Å². The molecule has 0 aliphatic heterocycles. The molecule has 23 heavy (non-hydrogen) atoms. The maximum absolute atomic E-state index is 12.3. The van der Waals surface area contributed by atoms with Gasteiger partial charge < -0.3 is 15.8 Å². The summed E-state index contributed by atoms with van der Waals surface area (Å²) in [5.74, 6) is 0.962. The second kappa shape index (κ2) is 9.14. The topological polar surface area (TPSA) is 64.3 Å². The Labute approximate surface area is 145 Å². The summed E-state index contributed by atoms with van der Waals surface area (Å²) in [7, 11) is 1.67. The summed E-state index contributed by atoms with van der Waals surface area (Å²) in [6, 6.07) is 6.02. The largest absolute Gasteiger partial charge is 0.496 e. The average Bonchev–Trinajstić information content (AvgIpc) is 2.55. The van der Waals surface area contributed by atoms with Crippen LogP contribution in [0.2, 0.25) is 0 Å². The highest BCUT2D eigenvalue weighted by Gasteiger charge is 2.32. The van der Waals surface area contributed by atoms with Gasteiger partial charge in [0.2, 0.25) is 5.91 Å². The Hall–Kier alpha value is -1.26. The van der Waals surface area contributed by atoms with E-state index in [4.69, 9.17) is 10.5 Å². The van der Waals surface area contributed by atoms with Gasteiger partial charge >= 0.3 is 0 Å². The zero-order valence-corrected chi connectivity index (χ0v) is 15.0. The molecule has 1 aromatic rings. The van der Waals surface area contributed by atoms with Gasteiger partial charge in [-0.3, -0.25) is 4.79 Å². The molecule has 0 bridgehead atoms. The molecule has 130 valence electrons. The van der Waals surface area contributed by atoms with Crippen molar-refractivity contribution in [3.63, 3.8) is 0 Å². The van der Waals surface area contributed by atoms with Crippen LogP contribution in [0.4, 0.5) is 0 Å². The van der Waals surface area contributed by atoms with Gasteiger partial charge in [0.25, 0.3) is 0 Å². The first kappa shape index (κ1) is 19.8. The highest BCUT2D eigenvalue weighted by Crippen LogP contribution is 2.38. The predicted octanol–water partition coefficient (Wildman–Crippen LogP) is 3.34. The third kappa shape index (κ3) is 5.40. The van der Waals surface area contributed by atoms with Gasteiger partial charge in [0.05, 0.1) is 7.11 Å². The Morgan fingerprint density at radius 3 is 2.61 bits per heavy atom. The highest BCUT2D eigenvalue weighted by molar-refractivity contribution is 5.85. The number of ether oxygens (including phenoxy) is 1. The van der Waals surface area contributed by atoms with Gasteiger partial charge in [-0.05, 0) is 48.9 Å². The van der Waals surface area contributed by atoms with Crippen molar-refractivity contribution in [3.8, 4) is 5.75 Å². The molecule has 0 atom stereocenters. The maximum atomic E-state index is 12.3. The first-order chi connectivity index (χ1) is 10.6. The number of carbonyl (C=O) groups is 1. The number of hydrogen-bond donors (Lipinski definition) is 2. The minimum atomic E-state index is 0. The number of benzene rings is 1. The summed E-state index contributed by atoms with van der Waals surface area (Å²) in [5.41, 5.74) is 8.13. The van der Waals surface area contributed by atoms with Crippen molar-refractivity contribution in [1.82, 2.24) is 5.32 Å². The first-order valence-corrected chi connectivity index (χ1v) is 8.19. The lowest BCUT2D eigenvalue weighted by atomic mass is 9.71. The van der Waals surface area contributed by atoms with Crippen molar-refractivity contribution < 1.29 is 9.53 Å². The molecule has 0 radical (unpaired) electrons. The Balaban J connectivity index is 0.00000264. The van der Waals surface area contributed by atoms with Crippen LogP contribution in [0.25, 0.3) is 0 Å². The number of nitrogens with one attached hydrogen (secondary N) is 1. The van der Waals surface area contributed by atoms with E-state index in [9.17, 15) is 4.79 Å². The Morgan fingerprint density at radius 2 is 2.00 bits per heavy atom. The van der Waals surface area contributed by atoms with Crippen molar-refractivity contribution in [2.75, 3.05) is 13.7 Å². The van der Waals surface area contributed by atoms with E-state index < -0.39 is 0 Å². The smallest absolute Gasteiger partial charge is 0.220 e. The summed E-state index contributed by atoms with van der Waals surface area (Å²) in [6.45, 7) is 3.16. The molecule has 1 saturated carbocycles. The van der Waals surface area contributed by atoms with E-state index in [0.29, 0.717) is 19.5 Å². The second-order valence-corrected chi connectivity index (χ2v) is 6.52. The summed E-state index contributed by atoms with van der Waals surface area (Å²) >= 11 is 0. The van der Waals surface area contributed by atoms with Crippen LogP contribution in [0.15, 0.2) is 18.2 Å². The first-order valence-electron chi connectivity index (χ1n) is 8.19. The van der Waals surface area contributed by atoms with Gasteiger partial charge in [0.15, 0.2) is 0 Å². The molecule has 0 heterocycles. The van der Waals surface area contributed by atoms with Crippen molar-refractivity contribution in [2.24, 2.45) is 11.1 Å². The van der Waals surface area contributed by atoms with E-state index in [1.807, 2.05) is 25.1 Å². The molecule has 0 unspecified atom stereocenters. The number of rotatable bonds is 6. The normalized spacial score (nSPS) is 16.3. The van der Waals surface area contributed by atoms with Crippen molar-refractivity contribution in [3.05, 3.63) is 29.3 Å². The van der Waals surface area contributed by atoms with Gasteiger partial charge in [-0.1, -0.05) is 31.4 Å². The monoisotopic (exact) mass is 340 g/mol. The van der Waals surface area contributed by atoms with E-state index in [1.165, 1.54) is 19.3 Å². The molecule has 5 heteroatoms. The highest BCUT2D eigenvalue weighted by atomic mass is 35.5. The zero-order valence-electron chi connectivity index (χ0n) is 14.2. The van der Waals surface area contributed by atoms with E-state index in [0.717, 1.165) is 29.7 Å². The molecule has 2 rings (SSSR count). The number of methoxy groups -OCH3 is 1. The van der Waals surface area contributed by atoms with Crippen LogP contribution in [0, 0.1) is 12.3 Å². The molecule has 4 nitrogen and oxygen atoms in total. The zero-order chi connectivity index (χ0) is 16.0. The van der Waals surface area contributed by atoms with Crippen LogP contribution in [0.3, 0.4) is 0 Å². The Bertz CT molecular complexity index is 514. The third-order valence-corrected chi connectivity index (χ3v) is 4.84. The fraction of sp³-hybridized carbons (Fsp3) is 0.611. The lowest BCUT2D eigenvalue weighted by Gasteiger charge is -2.35. The van der Waals surface area contributed by atoms with Gasteiger partial charge in [-0.2, -0.15) is 0 Å². The second-order valence-electron chi connectivity index (χ2n) is 6.52. The van der Waals surface area contributed by atoms with Crippen LogP contribution >= 0.6 is 12.4 Å². The molecule has 3 N–H and O–H groups in total. The minimum absolute atomic E-state index is 0. The fourth-order valence-electron chi connectivity index (χ4n) is 3.33. The van der Waals surface area contributed by atoms with Gasteiger partial charge in [-0.25, -0.2) is 0 Å². The number of halogens is 1. The fourth-order valence-corrected chi connectivity index (χ4v) is 3.33. The molecule has 1 amide bonds. The maximum Gasteiger partial charge on any atom is 0.220 e. The molecule has 1 aliphatic carbocycles. The number of carbonyl (C=O) groups excluding carboxylic acids is 1. The van der Waals surface area contributed by atoms with E-state index in [-0.39, 0.29) is 23.7 Å². The average molecular weight is 341 g/mol. The van der Waals surface area contributed by atoms with Gasteiger partial charge in [0, 0.05) is 13.0 Å². The summed E-state index contributed by atoms with van der Waals surface area (Å²) in [4.78, 5) is 12.3. The van der Waals surface area contributed by atoms with Crippen LogP contribution in [0.5, 0.6) is 5.75 Å². The van der Waals surface area contributed by atoms with Crippen LogP contribution in [0.1, 0.15) is 49.7 Å². The predicted molar refractivity (Wildman–Crippen MR) is 96.0 cm³/mol. The van der Waals surface area contributed by atoms with E-state index in [1.54, 1.807) is 7.11 Å². The van der Waals surface area contributed by atoms with Crippen LogP contribution in [-0.2, 0) is 11.3 Å². The number of amides is 1. The van der Waals surface area contributed by atoms with E-state index >= 15 is 0 Å². The van der Waals surface area contributed by atoms with Crippen molar-refractivity contribution in [1.29, 1.82) is 0 Å². The summed E-state index contributed by atoms with van der Waals surface area (Å²) in [6.07, 6.45) is 6.36. The van der Waals surface area contributed by atoms with E-state index in [2.05, 4.69) is 5.32 Å². The Morgan fingerprint density at radius 1 is 1.30 bits per heavy atom. The third-order valence-electron chi connectivity index (χ3n) is 4.84. The molecule has 0 spiro atoms. The molecule has 0 saturated heterocycles. The molecule has 1 aromatic carbocycles. The summed E-state index contributed by atoms with van der Waals surface area (Å²) < 4.78 is 5.32. The van der Waals surface area contributed by atoms with Gasteiger partial charge in [0.1, 0.15) is 5.75 Å². The lowest BCUT2D eigenvalue weighted by Crippen LogP contribution is -2.38. The molecular weight excluding hydrogens is 312 g/mol. The number of nitrogens with two attached hydrogens (primary N) is 1. The molecule has 0 aromatic heterocycles. The Kier molecular flexibility index (Phi) is 7.86.